The summed E-state index contributed by atoms with van der Waals surface area (Å²) in [4.78, 5) is 35.0. The molecule has 0 heterocycles. The molecule has 1 aromatic rings. The van der Waals surface area contributed by atoms with Gasteiger partial charge in [0.1, 0.15) is 0 Å². The van der Waals surface area contributed by atoms with Gasteiger partial charge in [0.25, 0.3) is 0 Å². The van der Waals surface area contributed by atoms with Crippen LogP contribution in [0.2, 0.25) is 0 Å². The van der Waals surface area contributed by atoms with Gasteiger partial charge in [-0.15, -0.1) is 0 Å². The van der Waals surface area contributed by atoms with Gasteiger partial charge in [-0.25, -0.2) is 0 Å². The molecule has 0 radical (unpaired) electrons. The van der Waals surface area contributed by atoms with Crippen LogP contribution in [-0.2, 0) is 14.3 Å². The maximum Gasteiger partial charge on any atom is 0.309 e. The van der Waals surface area contributed by atoms with Gasteiger partial charge in [0.15, 0.2) is 12.4 Å². The SMILES string of the molecule is CCCC(=O)Nc1ccc(C(=O)COC(=O)[C@@H]2C[C@@H]2C)cc1. The highest BCUT2D eigenvalue weighted by atomic mass is 16.5. The number of amides is 1. The van der Waals surface area contributed by atoms with E-state index < -0.39 is 0 Å². The van der Waals surface area contributed by atoms with Crippen molar-refractivity contribution in [2.75, 3.05) is 11.9 Å². The molecular weight excluding hydrogens is 282 g/mol. The molecule has 1 saturated carbocycles. The van der Waals surface area contributed by atoms with E-state index in [-0.39, 0.29) is 30.2 Å². The van der Waals surface area contributed by atoms with Crippen LogP contribution in [0.4, 0.5) is 5.69 Å². The summed E-state index contributed by atoms with van der Waals surface area (Å²) in [6.07, 6.45) is 2.10. The lowest BCUT2D eigenvalue weighted by Gasteiger charge is -2.06. The van der Waals surface area contributed by atoms with Crippen molar-refractivity contribution in [1.82, 2.24) is 0 Å². The Morgan fingerprint density at radius 1 is 1.23 bits per heavy atom. The fraction of sp³-hybridized carbons (Fsp3) is 0.471. The minimum Gasteiger partial charge on any atom is -0.457 e. The Labute approximate surface area is 130 Å². The summed E-state index contributed by atoms with van der Waals surface area (Å²) >= 11 is 0. The number of Topliss-reactive ketones (excluding diaryl/α,β-unsaturated/α-hetero) is 1. The molecule has 2 atom stereocenters. The van der Waals surface area contributed by atoms with Crippen molar-refractivity contribution in [3.63, 3.8) is 0 Å². The minimum atomic E-state index is -0.288. The second-order valence-electron chi connectivity index (χ2n) is 5.73. The number of hydrogen-bond acceptors (Lipinski definition) is 4. The molecule has 0 spiro atoms. The van der Waals surface area contributed by atoms with Gasteiger partial charge in [0, 0.05) is 17.7 Å². The smallest absolute Gasteiger partial charge is 0.309 e. The first-order chi connectivity index (χ1) is 10.5. The molecule has 22 heavy (non-hydrogen) atoms. The number of esters is 1. The van der Waals surface area contributed by atoms with Crippen LogP contribution in [-0.4, -0.2) is 24.3 Å². The first kappa shape index (κ1) is 16.2. The number of ketones is 1. The van der Waals surface area contributed by atoms with E-state index in [0.717, 1.165) is 12.8 Å². The molecule has 5 nitrogen and oxygen atoms in total. The summed E-state index contributed by atoms with van der Waals surface area (Å²) in [5.74, 6) is -0.246. The maximum absolute atomic E-state index is 11.9. The Morgan fingerprint density at radius 2 is 1.86 bits per heavy atom. The lowest BCUT2D eigenvalue weighted by atomic mass is 10.1. The molecule has 0 aromatic heterocycles. The largest absolute Gasteiger partial charge is 0.457 e. The van der Waals surface area contributed by atoms with E-state index >= 15 is 0 Å². The zero-order valence-electron chi connectivity index (χ0n) is 12.9. The molecule has 2 rings (SSSR count). The molecule has 1 N–H and O–H groups in total. The molecule has 1 aromatic carbocycles. The average molecular weight is 303 g/mol. The van der Waals surface area contributed by atoms with E-state index in [1.807, 2.05) is 13.8 Å². The van der Waals surface area contributed by atoms with Crippen LogP contribution in [0, 0.1) is 11.8 Å². The van der Waals surface area contributed by atoms with Crippen molar-refractivity contribution in [1.29, 1.82) is 0 Å². The fourth-order valence-electron chi connectivity index (χ4n) is 2.17. The minimum absolute atomic E-state index is 0.0380. The highest BCUT2D eigenvalue weighted by Crippen LogP contribution is 2.38. The molecule has 0 saturated heterocycles. The summed E-state index contributed by atoms with van der Waals surface area (Å²) in [7, 11) is 0. The topological polar surface area (TPSA) is 72.5 Å². The average Bonchev–Trinajstić information content (AvgIpc) is 3.22. The van der Waals surface area contributed by atoms with Crippen LogP contribution < -0.4 is 5.32 Å². The van der Waals surface area contributed by atoms with E-state index in [1.54, 1.807) is 24.3 Å². The highest BCUT2D eigenvalue weighted by Gasteiger charge is 2.40. The quantitative estimate of drug-likeness (QED) is 0.621. The van der Waals surface area contributed by atoms with Gasteiger partial charge in [-0.2, -0.15) is 0 Å². The van der Waals surface area contributed by atoms with Crippen molar-refractivity contribution < 1.29 is 19.1 Å². The van der Waals surface area contributed by atoms with Crippen LogP contribution in [0.1, 0.15) is 43.5 Å². The molecule has 1 amide bonds. The zero-order chi connectivity index (χ0) is 16.1. The van der Waals surface area contributed by atoms with E-state index in [0.29, 0.717) is 23.6 Å². The zero-order valence-corrected chi connectivity index (χ0v) is 12.9. The van der Waals surface area contributed by atoms with Gasteiger partial charge < -0.3 is 10.1 Å². The third-order valence-corrected chi connectivity index (χ3v) is 3.73. The van der Waals surface area contributed by atoms with Gasteiger partial charge in [-0.1, -0.05) is 13.8 Å². The van der Waals surface area contributed by atoms with Crippen LogP contribution in [0.3, 0.4) is 0 Å². The predicted octanol–water partition coefficient (Wildman–Crippen LogP) is 2.81. The van der Waals surface area contributed by atoms with Gasteiger partial charge in [0.05, 0.1) is 5.92 Å². The first-order valence-corrected chi connectivity index (χ1v) is 7.61. The Morgan fingerprint density at radius 3 is 2.41 bits per heavy atom. The van der Waals surface area contributed by atoms with Gasteiger partial charge in [0.2, 0.25) is 5.91 Å². The Kier molecular flexibility index (Phi) is 5.31. The molecule has 118 valence electrons. The number of hydrogen-bond donors (Lipinski definition) is 1. The number of rotatable bonds is 7. The molecule has 0 aliphatic heterocycles. The number of benzene rings is 1. The number of ether oxygens (including phenoxy) is 1. The van der Waals surface area contributed by atoms with Crippen LogP contribution in [0.5, 0.6) is 0 Å². The molecule has 1 aliphatic rings. The summed E-state index contributed by atoms with van der Waals surface area (Å²) in [6, 6.07) is 6.59. The highest BCUT2D eigenvalue weighted by molar-refractivity contribution is 5.99. The predicted molar refractivity (Wildman–Crippen MR) is 82.5 cm³/mol. The van der Waals surface area contributed by atoms with E-state index in [4.69, 9.17) is 4.74 Å². The van der Waals surface area contributed by atoms with Crippen molar-refractivity contribution >= 4 is 23.3 Å². The van der Waals surface area contributed by atoms with E-state index in [2.05, 4.69) is 5.32 Å². The molecule has 1 fully saturated rings. The molecule has 0 bridgehead atoms. The number of carbonyl (C=O) groups excluding carboxylic acids is 3. The van der Waals surface area contributed by atoms with Crippen molar-refractivity contribution in [2.24, 2.45) is 11.8 Å². The van der Waals surface area contributed by atoms with Gasteiger partial charge in [-0.05, 0) is 43.0 Å². The van der Waals surface area contributed by atoms with Crippen molar-refractivity contribution in [3.05, 3.63) is 29.8 Å². The van der Waals surface area contributed by atoms with Crippen LogP contribution >= 0.6 is 0 Å². The fourth-order valence-corrected chi connectivity index (χ4v) is 2.17. The summed E-state index contributed by atoms with van der Waals surface area (Å²) in [6.45, 7) is 3.69. The second-order valence-corrected chi connectivity index (χ2v) is 5.73. The number of anilines is 1. The van der Waals surface area contributed by atoms with E-state index in [1.165, 1.54) is 0 Å². The van der Waals surface area contributed by atoms with Crippen LogP contribution in [0.25, 0.3) is 0 Å². The molecule has 5 heteroatoms. The Bertz CT molecular complexity index is 565. The monoisotopic (exact) mass is 303 g/mol. The Balaban J connectivity index is 1.82. The van der Waals surface area contributed by atoms with Crippen molar-refractivity contribution in [3.8, 4) is 0 Å². The standard InChI is InChI=1S/C17H21NO4/c1-3-4-16(20)18-13-7-5-12(6-8-13)15(19)10-22-17(21)14-9-11(14)2/h5-8,11,14H,3-4,9-10H2,1-2H3,(H,18,20)/t11-,14+/m0/s1. The van der Waals surface area contributed by atoms with Gasteiger partial charge in [-0.3, -0.25) is 14.4 Å². The molecular formula is C17H21NO4. The summed E-state index contributed by atoms with van der Waals surface area (Å²) in [5.41, 5.74) is 1.11. The normalized spacial score (nSPS) is 19.4. The lowest BCUT2D eigenvalue weighted by Crippen LogP contribution is -2.16. The lowest BCUT2D eigenvalue weighted by molar-refractivity contribution is -0.144. The Hall–Kier alpha value is -2.17. The van der Waals surface area contributed by atoms with Crippen LogP contribution in [0.15, 0.2) is 24.3 Å². The van der Waals surface area contributed by atoms with Gasteiger partial charge >= 0.3 is 5.97 Å². The number of carbonyl (C=O) groups is 3. The second kappa shape index (κ2) is 7.20. The maximum atomic E-state index is 11.9. The third-order valence-electron chi connectivity index (χ3n) is 3.73. The summed E-state index contributed by atoms with van der Waals surface area (Å²) in [5, 5.41) is 2.75. The van der Waals surface area contributed by atoms with Crippen molar-refractivity contribution in [2.45, 2.75) is 33.1 Å². The first-order valence-electron chi connectivity index (χ1n) is 7.61. The van der Waals surface area contributed by atoms with E-state index in [9.17, 15) is 14.4 Å². The molecule has 1 aliphatic carbocycles. The summed E-state index contributed by atoms with van der Waals surface area (Å²) < 4.78 is 5.02. The number of nitrogens with one attached hydrogen (secondary N) is 1. The molecule has 0 unspecified atom stereocenters. The third kappa shape index (κ3) is 4.41.